The molecule has 142 valence electrons. The van der Waals surface area contributed by atoms with E-state index in [4.69, 9.17) is 0 Å². The number of hydrogen-bond donors (Lipinski definition) is 1. The van der Waals surface area contributed by atoms with Crippen LogP contribution in [0.4, 0.5) is 11.4 Å². The number of nitrogens with one attached hydrogen (secondary N) is 1. The predicted octanol–water partition coefficient (Wildman–Crippen LogP) is 7.20. The summed E-state index contributed by atoms with van der Waals surface area (Å²) >= 11 is 0. The van der Waals surface area contributed by atoms with E-state index in [9.17, 15) is 0 Å². The molecular formula is C27H24N2. The van der Waals surface area contributed by atoms with E-state index in [1.807, 2.05) is 36.5 Å². The molecule has 0 amide bonds. The molecule has 4 aromatic carbocycles. The highest BCUT2D eigenvalue weighted by atomic mass is 14.9. The van der Waals surface area contributed by atoms with Crippen LogP contribution in [0.2, 0.25) is 0 Å². The molecule has 1 aliphatic carbocycles. The summed E-state index contributed by atoms with van der Waals surface area (Å²) in [5.74, 6) is 0. The van der Waals surface area contributed by atoms with Crippen LogP contribution in [0.1, 0.15) is 24.0 Å². The van der Waals surface area contributed by atoms with Crippen molar-refractivity contribution < 1.29 is 0 Å². The van der Waals surface area contributed by atoms with E-state index in [1.165, 1.54) is 47.2 Å². The van der Waals surface area contributed by atoms with Gasteiger partial charge in [-0.2, -0.15) is 0 Å². The molecule has 0 radical (unpaired) electrons. The Kier molecular flexibility index (Phi) is 4.83. The first-order valence-electron chi connectivity index (χ1n) is 10.4. The third-order valence-corrected chi connectivity index (χ3v) is 5.80. The number of allylic oxidation sites excluding steroid dienone is 1. The zero-order valence-corrected chi connectivity index (χ0v) is 16.4. The molecular weight excluding hydrogens is 352 g/mol. The molecule has 0 fully saturated rings. The van der Waals surface area contributed by atoms with Gasteiger partial charge in [-0.25, -0.2) is 0 Å². The fraction of sp³-hybridized carbons (Fsp3) is 0.148. The van der Waals surface area contributed by atoms with Gasteiger partial charge in [0.25, 0.3) is 0 Å². The number of aliphatic imine (C=N–C) groups is 1. The van der Waals surface area contributed by atoms with Gasteiger partial charge in [-0.1, -0.05) is 60.7 Å². The fourth-order valence-corrected chi connectivity index (χ4v) is 4.36. The van der Waals surface area contributed by atoms with Gasteiger partial charge in [0.15, 0.2) is 0 Å². The van der Waals surface area contributed by atoms with E-state index in [0.29, 0.717) is 0 Å². The summed E-state index contributed by atoms with van der Waals surface area (Å²) in [7, 11) is 0. The van der Waals surface area contributed by atoms with Crippen LogP contribution in [-0.2, 0) is 12.8 Å². The van der Waals surface area contributed by atoms with Crippen molar-refractivity contribution in [2.75, 3.05) is 5.32 Å². The topological polar surface area (TPSA) is 24.4 Å². The SMILES string of the molecule is C1=CNc2ccccc2N=C1.c1ccc2c(c1)ccc1c3c(ccc12)CCCC3. The molecule has 6 rings (SSSR count). The molecule has 0 bridgehead atoms. The first-order chi connectivity index (χ1) is 14.4. The van der Waals surface area contributed by atoms with Gasteiger partial charge in [0.05, 0.1) is 11.4 Å². The summed E-state index contributed by atoms with van der Waals surface area (Å²) < 4.78 is 0. The number of fused-ring (bicyclic) bond motifs is 6. The molecule has 0 atom stereocenters. The maximum Gasteiger partial charge on any atom is 0.0864 e. The molecule has 0 saturated heterocycles. The lowest BCUT2D eigenvalue weighted by molar-refractivity contribution is 0.690. The number of nitrogens with zero attached hydrogens (tertiary/aromatic N) is 1. The highest BCUT2D eigenvalue weighted by Gasteiger charge is 2.13. The number of hydrogen-bond acceptors (Lipinski definition) is 2. The molecule has 2 heteroatoms. The highest BCUT2D eigenvalue weighted by molar-refractivity contribution is 6.08. The van der Waals surface area contributed by atoms with Crippen molar-refractivity contribution in [1.29, 1.82) is 0 Å². The van der Waals surface area contributed by atoms with Crippen molar-refractivity contribution in [2.45, 2.75) is 25.7 Å². The van der Waals surface area contributed by atoms with E-state index in [2.05, 4.69) is 58.8 Å². The average Bonchev–Trinajstić information content (AvgIpc) is 3.05. The largest absolute Gasteiger partial charge is 0.360 e. The molecule has 0 unspecified atom stereocenters. The third kappa shape index (κ3) is 3.54. The Hall–Kier alpha value is -3.39. The van der Waals surface area contributed by atoms with Gasteiger partial charge in [0.2, 0.25) is 0 Å². The maximum absolute atomic E-state index is 4.21. The van der Waals surface area contributed by atoms with Crippen molar-refractivity contribution in [2.24, 2.45) is 4.99 Å². The van der Waals surface area contributed by atoms with Crippen LogP contribution in [0.15, 0.2) is 90.1 Å². The lowest BCUT2D eigenvalue weighted by Gasteiger charge is -2.18. The van der Waals surface area contributed by atoms with Gasteiger partial charge >= 0.3 is 0 Å². The maximum atomic E-state index is 4.21. The Morgan fingerprint density at radius 3 is 2.52 bits per heavy atom. The Bertz CT molecular complexity index is 1230. The summed E-state index contributed by atoms with van der Waals surface area (Å²) in [6, 6.07) is 25.9. The summed E-state index contributed by atoms with van der Waals surface area (Å²) in [5, 5.41) is 8.76. The number of anilines is 1. The van der Waals surface area contributed by atoms with Crippen LogP contribution in [0.25, 0.3) is 21.5 Å². The van der Waals surface area contributed by atoms with Gasteiger partial charge in [0.1, 0.15) is 0 Å². The molecule has 0 aromatic heterocycles. The summed E-state index contributed by atoms with van der Waals surface area (Å²) in [6.45, 7) is 0. The van der Waals surface area contributed by atoms with Crippen LogP contribution in [-0.4, -0.2) is 6.21 Å². The van der Waals surface area contributed by atoms with Crippen molar-refractivity contribution in [3.63, 3.8) is 0 Å². The fourth-order valence-electron chi connectivity index (χ4n) is 4.36. The van der Waals surface area contributed by atoms with Crippen LogP contribution >= 0.6 is 0 Å². The molecule has 4 aromatic rings. The first kappa shape index (κ1) is 17.7. The van der Waals surface area contributed by atoms with E-state index >= 15 is 0 Å². The van der Waals surface area contributed by atoms with Gasteiger partial charge in [-0.05, 0) is 76.6 Å². The van der Waals surface area contributed by atoms with E-state index < -0.39 is 0 Å². The molecule has 1 N–H and O–H groups in total. The Morgan fingerprint density at radius 1 is 0.690 bits per heavy atom. The summed E-state index contributed by atoms with van der Waals surface area (Å²) in [5.41, 5.74) is 5.21. The molecule has 2 nitrogen and oxygen atoms in total. The van der Waals surface area contributed by atoms with Crippen molar-refractivity contribution >= 4 is 39.1 Å². The zero-order chi connectivity index (χ0) is 19.5. The number of aryl methyl sites for hydroxylation is 2. The monoisotopic (exact) mass is 376 g/mol. The standard InChI is InChI=1S/C18H16.C9H8N2/c1-3-7-15-13(5-1)9-11-18-16-8-4-2-6-14(16)10-12-17(15)18;1-2-5-9-8(4-1)10-6-3-7-11-9/h1,3,5,7,9-12H,2,4,6,8H2;1-7,10H. The molecule has 2 aliphatic rings. The van der Waals surface area contributed by atoms with Crippen molar-refractivity contribution in [3.05, 3.63) is 96.2 Å². The van der Waals surface area contributed by atoms with Crippen molar-refractivity contribution in [1.82, 2.24) is 0 Å². The minimum absolute atomic E-state index is 0.984. The van der Waals surface area contributed by atoms with E-state index in [1.54, 1.807) is 17.3 Å². The van der Waals surface area contributed by atoms with Crippen LogP contribution < -0.4 is 5.32 Å². The number of para-hydroxylation sites is 2. The molecule has 29 heavy (non-hydrogen) atoms. The Labute approximate surface area is 171 Å². The second kappa shape index (κ2) is 7.92. The number of rotatable bonds is 0. The number of benzene rings is 4. The van der Waals surface area contributed by atoms with E-state index in [-0.39, 0.29) is 0 Å². The second-order valence-corrected chi connectivity index (χ2v) is 7.59. The van der Waals surface area contributed by atoms with Gasteiger partial charge in [-0.15, -0.1) is 0 Å². The quantitative estimate of drug-likeness (QED) is 0.322. The Balaban J connectivity index is 0.000000142. The van der Waals surface area contributed by atoms with Crippen LogP contribution in [0.5, 0.6) is 0 Å². The van der Waals surface area contributed by atoms with Crippen LogP contribution in [0.3, 0.4) is 0 Å². The van der Waals surface area contributed by atoms with Crippen LogP contribution in [0, 0.1) is 0 Å². The smallest absolute Gasteiger partial charge is 0.0864 e. The minimum Gasteiger partial charge on any atom is -0.360 e. The van der Waals surface area contributed by atoms with E-state index in [0.717, 1.165) is 11.4 Å². The van der Waals surface area contributed by atoms with Gasteiger partial charge in [0, 0.05) is 12.4 Å². The first-order valence-corrected chi connectivity index (χ1v) is 10.4. The molecule has 0 saturated carbocycles. The van der Waals surface area contributed by atoms with Gasteiger partial charge in [-0.3, -0.25) is 4.99 Å². The minimum atomic E-state index is 0.984. The third-order valence-electron chi connectivity index (χ3n) is 5.80. The lowest BCUT2D eigenvalue weighted by atomic mass is 9.86. The Morgan fingerprint density at radius 2 is 1.52 bits per heavy atom. The average molecular weight is 377 g/mol. The second-order valence-electron chi connectivity index (χ2n) is 7.59. The zero-order valence-electron chi connectivity index (χ0n) is 16.4. The summed E-state index contributed by atoms with van der Waals surface area (Å²) in [6.07, 6.45) is 10.7. The van der Waals surface area contributed by atoms with Gasteiger partial charge < -0.3 is 5.32 Å². The molecule has 1 heterocycles. The molecule has 0 spiro atoms. The summed E-state index contributed by atoms with van der Waals surface area (Å²) in [4.78, 5) is 4.21. The molecule has 1 aliphatic heterocycles. The van der Waals surface area contributed by atoms with Crippen molar-refractivity contribution in [3.8, 4) is 0 Å². The normalized spacial score (nSPS) is 14.3. The highest BCUT2D eigenvalue weighted by Crippen LogP contribution is 2.33. The predicted molar refractivity (Wildman–Crippen MR) is 125 cm³/mol. The lowest BCUT2D eigenvalue weighted by Crippen LogP contribution is -2.02.